The maximum Gasteiger partial charge on any atom is 0.267 e. The summed E-state index contributed by atoms with van der Waals surface area (Å²) >= 11 is 0. The molecule has 0 fully saturated rings. The number of carbonyl (C=O) groups excluding carboxylic acids is 1. The summed E-state index contributed by atoms with van der Waals surface area (Å²) in [6, 6.07) is 7.35. The van der Waals surface area contributed by atoms with Crippen LogP contribution in [0.15, 0.2) is 24.3 Å². The maximum atomic E-state index is 11.9. The summed E-state index contributed by atoms with van der Waals surface area (Å²) < 4.78 is 0. The van der Waals surface area contributed by atoms with E-state index in [2.05, 4.69) is 10.3 Å². The number of aromatic amines is 1. The SMILES string of the molecule is CC(O)CCCNC(=O)c1cc2cccc(N)c2[nH]1. The summed E-state index contributed by atoms with van der Waals surface area (Å²) in [5.41, 5.74) is 7.76. The topological polar surface area (TPSA) is 91.1 Å². The number of aliphatic hydroxyl groups is 1. The Morgan fingerprint density at radius 1 is 1.53 bits per heavy atom. The van der Waals surface area contributed by atoms with Crippen molar-refractivity contribution in [1.29, 1.82) is 0 Å². The smallest absolute Gasteiger partial charge is 0.267 e. The molecule has 0 aliphatic heterocycles. The summed E-state index contributed by atoms with van der Waals surface area (Å²) in [6.07, 6.45) is 1.11. The van der Waals surface area contributed by atoms with Crippen molar-refractivity contribution >= 4 is 22.5 Å². The van der Waals surface area contributed by atoms with Crippen LogP contribution < -0.4 is 11.1 Å². The average molecular weight is 261 g/mol. The summed E-state index contributed by atoms with van der Waals surface area (Å²) in [5, 5.41) is 12.9. The van der Waals surface area contributed by atoms with E-state index >= 15 is 0 Å². The Labute approximate surface area is 111 Å². The monoisotopic (exact) mass is 261 g/mol. The third-order valence-electron chi connectivity index (χ3n) is 3.02. The fraction of sp³-hybridized carbons (Fsp3) is 0.357. The van der Waals surface area contributed by atoms with Gasteiger partial charge >= 0.3 is 0 Å². The Hall–Kier alpha value is -2.01. The average Bonchev–Trinajstić information content (AvgIpc) is 2.79. The van der Waals surface area contributed by atoms with Gasteiger partial charge in [0.2, 0.25) is 0 Å². The van der Waals surface area contributed by atoms with Gasteiger partial charge in [0, 0.05) is 11.9 Å². The highest BCUT2D eigenvalue weighted by Crippen LogP contribution is 2.20. The minimum absolute atomic E-state index is 0.152. The zero-order chi connectivity index (χ0) is 13.8. The van der Waals surface area contributed by atoms with Crippen molar-refractivity contribution in [1.82, 2.24) is 10.3 Å². The van der Waals surface area contributed by atoms with Crippen LogP contribution in [0.4, 0.5) is 5.69 Å². The summed E-state index contributed by atoms with van der Waals surface area (Å²) in [7, 11) is 0. The fourth-order valence-electron chi connectivity index (χ4n) is 2.00. The van der Waals surface area contributed by atoms with Gasteiger partial charge in [0.1, 0.15) is 5.69 Å². The van der Waals surface area contributed by atoms with Gasteiger partial charge in [-0.25, -0.2) is 0 Å². The van der Waals surface area contributed by atoms with Crippen LogP contribution in [-0.2, 0) is 0 Å². The number of fused-ring (bicyclic) bond motifs is 1. The third-order valence-corrected chi connectivity index (χ3v) is 3.02. The van der Waals surface area contributed by atoms with Crippen molar-refractivity contribution < 1.29 is 9.90 Å². The second-order valence-electron chi connectivity index (χ2n) is 4.74. The molecule has 0 bridgehead atoms. The number of hydrogen-bond acceptors (Lipinski definition) is 3. The number of carbonyl (C=O) groups is 1. The van der Waals surface area contributed by atoms with Crippen LogP contribution in [0.3, 0.4) is 0 Å². The Morgan fingerprint density at radius 2 is 2.32 bits per heavy atom. The van der Waals surface area contributed by atoms with Crippen LogP contribution >= 0.6 is 0 Å². The normalized spacial score (nSPS) is 12.5. The first-order valence-electron chi connectivity index (χ1n) is 6.41. The molecule has 19 heavy (non-hydrogen) atoms. The molecule has 102 valence electrons. The van der Waals surface area contributed by atoms with Gasteiger partial charge in [0.15, 0.2) is 0 Å². The Morgan fingerprint density at radius 3 is 3.00 bits per heavy atom. The summed E-state index contributed by atoms with van der Waals surface area (Å²) in [5.74, 6) is -0.152. The summed E-state index contributed by atoms with van der Waals surface area (Å²) in [6.45, 7) is 2.29. The molecule has 0 saturated carbocycles. The predicted octanol–water partition coefficient (Wildman–Crippen LogP) is 1.64. The number of aliphatic hydroxyl groups excluding tert-OH is 1. The van der Waals surface area contributed by atoms with Gasteiger partial charge < -0.3 is 21.1 Å². The number of hydrogen-bond donors (Lipinski definition) is 4. The number of nitrogens with two attached hydrogens (primary N) is 1. The molecule has 1 aromatic carbocycles. The molecule has 0 spiro atoms. The van der Waals surface area contributed by atoms with E-state index in [9.17, 15) is 4.79 Å². The van der Waals surface area contributed by atoms with Gasteiger partial charge in [-0.05, 0) is 31.9 Å². The number of anilines is 1. The minimum Gasteiger partial charge on any atom is -0.397 e. The molecule has 1 aromatic heterocycles. The molecular weight excluding hydrogens is 242 g/mol. The number of benzene rings is 1. The Balaban J connectivity index is 2.00. The quantitative estimate of drug-likeness (QED) is 0.487. The number of H-pyrrole nitrogens is 1. The van der Waals surface area contributed by atoms with Gasteiger partial charge in [0.05, 0.1) is 17.3 Å². The molecule has 0 aliphatic carbocycles. The number of aromatic nitrogens is 1. The Kier molecular flexibility index (Phi) is 4.06. The molecule has 2 rings (SSSR count). The number of nitrogen functional groups attached to an aromatic ring is 1. The van der Waals surface area contributed by atoms with Crippen molar-refractivity contribution in [3.8, 4) is 0 Å². The lowest BCUT2D eigenvalue weighted by molar-refractivity contribution is 0.0945. The van der Waals surface area contributed by atoms with Crippen LogP contribution in [-0.4, -0.2) is 28.6 Å². The molecule has 1 atom stereocenters. The van der Waals surface area contributed by atoms with Crippen LogP contribution in [0.2, 0.25) is 0 Å². The van der Waals surface area contributed by atoms with Crippen molar-refractivity contribution in [3.05, 3.63) is 30.0 Å². The lowest BCUT2D eigenvalue weighted by Gasteiger charge is -2.05. The van der Waals surface area contributed by atoms with Crippen molar-refractivity contribution in [2.45, 2.75) is 25.9 Å². The largest absolute Gasteiger partial charge is 0.397 e. The van der Waals surface area contributed by atoms with Gasteiger partial charge in [0.25, 0.3) is 5.91 Å². The van der Waals surface area contributed by atoms with E-state index in [-0.39, 0.29) is 12.0 Å². The van der Waals surface area contributed by atoms with Crippen LogP contribution in [0.5, 0.6) is 0 Å². The molecule has 1 amide bonds. The molecule has 0 saturated heterocycles. The van der Waals surface area contributed by atoms with E-state index < -0.39 is 0 Å². The summed E-state index contributed by atoms with van der Waals surface area (Å²) in [4.78, 5) is 15.0. The van der Waals surface area contributed by atoms with Gasteiger partial charge in [-0.15, -0.1) is 0 Å². The lowest BCUT2D eigenvalue weighted by atomic mass is 10.2. The van der Waals surface area contributed by atoms with E-state index in [1.165, 1.54) is 0 Å². The van der Waals surface area contributed by atoms with Gasteiger partial charge in [-0.1, -0.05) is 12.1 Å². The third kappa shape index (κ3) is 3.26. The molecule has 0 radical (unpaired) electrons. The number of nitrogens with one attached hydrogen (secondary N) is 2. The molecule has 1 unspecified atom stereocenters. The van der Waals surface area contributed by atoms with Crippen molar-refractivity contribution in [3.63, 3.8) is 0 Å². The van der Waals surface area contributed by atoms with Gasteiger partial charge in [-0.2, -0.15) is 0 Å². The number of amides is 1. The maximum absolute atomic E-state index is 11.9. The number of para-hydroxylation sites is 1. The zero-order valence-electron chi connectivity index (χ0n) is 10.9. The Bertz CT molecular complexity index is 575. The van der Waals surface area contributed by atoms with Crippen molar-refractivity contribution in [2.75, 3.05) is 12.3 Å². The second-order valence-corrected chi connectivity index (χ2v) is 4.74. The van der Waals surface area contributed by atoms with E-state index in [1.54, 1.807) is 19.1 Å². The van der Waals surface area contributed by atoms with E-state index in [1.807, 2.05) is 12.1 Å². The fourth-order valence-corrected chi connectivity index (χ4v) is 2.00. The van der Waals surface area contributed by atoms with E-state index in [0.717, 1.165) is 17.3 Å². The minimum atomic E-state index is -0.329. The first kappa shape index (κ1) is 13.4. The standard InChI is InChI=1S/C14H19N3O2/c1-9(18)4-3-7-16-14(19)12-8-10-5-2-6-11(15)13(10)17-12/h2,5-6,8-9,17-18H,3-4,7,15H2,1H3,(H,16,19). The molecule has 5 N–H and O–H groups in total. The van der Waals surface area contributed by atoms with Crippen molar-refractivity contribution in [2.24, 2.45) is 0 Å². The molecule has 5 heteroatoms. The first-order chi connectivity index (χ1) is 9.08. The zero-order valence-corrected chi connectivity index (χ0v) is 10.9. The first-order valence-corrected chi connectivity index (χ1v) is 6.41. The van der Waals surface area contributed by atoms with Crippen LogP contribution in [0.1, 0.15) is 30.3 Å². The molecular formula is C14H19N3O2. The number of rotatable bonds is 5. The predicted molar refractivity (Wildman–Crippen MR) is 76.0 cm³/mol. The van der Waals surface area contributed by atoms with Crippen LogP contribution in [0.25, 0.3) is 10.9 Å². The highest BCUT2D eigenvalue weighted by molar-refractivity contribution is 6.00. The molecule has 1 heterocycles. The van der Waals surface area contributed by atoms with E-state index in [4.69, 9.17) is 10.8 Å². The van der Waals surface area contributed by atoms with E-state index in [0.29, 0.717) is 24.3 Å². The van der Waals surface area contributed by atoms with Crippen LogP contribution in [0, 0.1) is 0 Å². The molecule has 2 aromatic rings. The lowest BCUT2D eigenvalue weighted by Crippen LogP contribution is -2.25. The second kappa shape index (κ2) is 5.75. The molecule has 5 nitrogen and oxygen atoms in total. The molecule has 0 aliphatic rings. The highest BCUT2D eigenvalue weighted by atomic mass is 16.3. The van der Waals surface area contributed by atoms with Gasteiger partial charge in [-0.3, -0.25) is 4.79 Å². The highest BCUT2D eigenvalue weighted by Gasteiger charge is 2.10.